The number of amides is 2. The van der Waals surface area contributed by atoms with Crippen molar-refractivity contribution in [2.75, 3.05) is 5.32 Å². The zero-order valence-corrected chi connectivity index (χ0v) is 23.6. The molecule has 0 aliphatic heterocycles. The quantitative estimate of drug-likeness (QED) is 0.191. The summed E-state index contributed by atoms with van der Waals surface area (Å²) in [6, 6.07) is 7.16. The van der Waals surface area contributed by atoms with Crippen LogP contribution < -0.4 is 11.1 Å². The number of nitrogens with one attached hydrogen (secondary N) is 1. The van der Waals surface area contributed by atoms with E-state index in [1.807, 2.05) is 22.6 Å². The first kappa shape index (κ1) is 31.1. The third-order valence-electron chi connectivity index (χ3n) is 5.67. The van der Waals surface area contributed by atoms with Crippen LogP contribution in [0.1, 0.15) is 37.8 Å². The molecule has 0 spiro atoms. The van der Waals surface area contributed by atoms with Crippen molar-refractivity contribution in [3.05, 3.63) is 79.5 Å². The fourth-order valence-corrected chi connectivity index (χ4v) is 4.65. The second-order valence-electron chi connectivity index (χ2n) is 8.65. The van der Waals surface area contributed by atoms with Gasteiger partial charge in [0.2, 0.25) is 0 Å². The van der Waals surface area contributed by atoms with Gasteiger partial charge in [-0.3, -0.25) is 9.59 Å². The van der Waals surface area contributed by atoms with Crippen molar-refractivity contribution < 1.29 is 40.3 Å². The fraction of sp³-hybridized carbons (Fsp3) is 0.217. The molecule has 3 aromatic heterocycles. The number of nitrogens with zero attached hydrogens (tertiary/aromatic N) is 6. The molecule has 222 valence electrons. The summed E-state index contributed by atoms with van der Waals surface area (Å²) in [5.74, 6) is -13.9. The molecule has 3 N–H and O–H groups in total. The highest BCUT2D eigenvalue weighted by atomic mass is 127. The van der Waals surface area contributed by atoms with Gasteiger partial charge in [-0.1, -0.05) is 16.8 Å². The predicted molar refractivity (Wildman–Crippen MR) is 141 cm³/mol. The summed E-state index contributed by atoms with van der Waals surface area (Å²) < 4.78 is 94.9. The van der Waals surface area contributed by atoms with Crippen molar-refractivity contribution in [1.29, 1.82) is 0 Å². The summed E-state index contributed by atoms with van der Waals surface area (Å²) >= 11 is 8.17. The van der Waals surface area contributed by atoms with Gasteiger partial charge >= 0.3 is 18.0 Å². The maximum absolute atomic E-state index is 14.1. The average molecular weight is 731 g/mol. The van der Waals surface area contributed by atoms with Crippen LogP contribution in [0.5, 0.6) is 0 Å². The van der Waals surface area contributed by atoms with Crippen molar-refractivity contribution in [2.24, 2.45) is 5.73 Å². The number of hydrogen-bond donors (Lipinski definition) is 2. The first-order chi connectivity index (χ1) is 19.4. The zero-order chi connectivity index (χ0) is 31.2. The van der Waals surface area contributed by atoms with Crippen LogP contribution in [0.3, 0.4) is 0 Å². The average Bonchev–Trinajstić information content (AvgIpc) is 3.53. The van der Waals surface area contributed by atoms with Crippen LogP contribution >= 0.6 is 34.2 Å². The molecule has 0 aliphatic carbocycles. The van der Waals surface area contributed by atoms with Crippen molar-refractivity contribution >= 4 is 51.7 Å². The number of aryl methyl sites for hydroxylation is 1. The Labute approximate surface area is 249 Å². The second kappa shape index (κ2) is 11.1. The molecular weight excluding hydrogens is 716 g/mol. The van der Waals surface area contributed by atoms with E-state index in [9.17, 15) is 40.3 Å². The molecule has 2 amide bonds. The van der Waals surface area contributed by atoms with E-state index >= 15 is 0 Å². The minimum Gasteiger partial charge on any atom is -0.366 e. The monoisotopic (exact) mass is 730 g/mol. The van der Waals surface area contributed by atoms with Gasteiger partial charge in [-0.25, -0.2) is 14.3 Å². The Morgan fingerprint density at radius 3 is 2.43 bits per heavy atom. The number of carbonyl (C=O) groups excluding carboxylic acids is 2. The normalized spacial score (nSPS) is 12.4. The number of alkyl halides is 7. The first-order valence-electron chi connectivity index (χ1n) is 11.3. The van der Waals surface area contributed by atoms with Gasteiger partial charge in [0, 0.05) is 9.77 Å². The number of hydrogen-bond acceptors (Lipinski definition) is 6. The van der Waals surface area contributed by atoms with Crippen molar-refractivity contribution in [2.45, 2.75) is 31.5 Å². The molecule has 42 heavy (non-hydrogen) atoms. The SMILES string of the molecule is Cc1cc(I)cc(C(N)=O)c1NC(=O)c1cc(Cn2cc(C(F)(F)C(F)(F)C(F)(F)F)nn2)nn1-c1ncccc1Cl. The highest BCUT2D eigenvalue weighted by Crippen LogP contribution is 2.51. The molecule has 19 heteroatoms. The molecule has 0 saturated carbocycles. The van der Waals surface area contributed by atoms with Crippen LogP contribution in [0.25, 0.3) is 5.82 Å². The van der Waals surface area contributed by atoms with Gasteiger partial charge in [0.15, 0.2) is 11.5 Å². The van der Waals surface area contributed by atoms with Crippen LogP contribution in [0.4, 0.5) is 36.4 Å². The molecule has 0 bridgehead atoms. The van der Waals surface area contributed by atoms with Crippen molar-refractivity contribution in [3.63, 3.8) is 0 Å². The van der Waals surface area contributed by atoms with E-state index < -0.39 is 42.1 Å². The van der Waals surface area contributed by atoms with Crippen LogP contribution in [-0.2, 0) is 12.5 Å². The predicted octanol–water partition coefficient (Wildman–Crippen LogP) is 5.11. The molecule has 0 unspecified atom stereocenters. The maximum Gasteiger partial charge on any atom is 0.460 e. The molecular formula is C23H15ClF7IN8O2. The van der Waals surface area contributed by atoms with E-state index in [2.05, 4.69) is 25.7 Å². The Morgan fingerprint density at radius 1 is 1.12 bits per heavy atom. The van der Waals surface area contributed by atoms with Gasteiger partial charge in [-0.2, -0.15) is 35.8 Å². The Hall–Kier alpha value is -3.81. The highest BCUT2D eigenvalue weighted by molar-refractivity contribution is 14.1. The molecule has 0 aliphatic rings. The number of pyridine rings is 1. The third kappa shape index (κ3) is 5.76. The third-order valence-corrected chi connectivity index (χ3v) is 6.59. The second-order valence-corrected chi connectivity index (χ2v) is 10.3. The molecule has 4 aromatic rings. The number of benzene rings is 1. The van der Waals surface area contributed by atoms with Gasteiger partial charge < -0.3 is 11.1 Å². The topological polar surface area (TPSA) is 134 Å². The Kier molecular flexibility index (Phi) is 8.24. The number of aromatic nitrogens is 6. The molecule has 0 atom stereocenters. The van der Waals surface area contributed by atoms with E-state index in [4.69, 9.17) is 17.3 Å². The fourth-order valence-electron chi connectivity index (χ4n) is 3.67. The lowest BCUT2D eigenvalue weighted by Crippen LogP contribution is -2.50. The minimum atomic E-state index is -6.56. The largest absolute Gasteiger partial charge is 0.460 e. The molecule has 0 radical (unpaired) electrons. The maximum atomic E-state index is 14.1. The Morgan fingerprint density at radius 2 is 1.81 bits per heavy atom. The van der Waals surface area contributed by atoms with E-state index in [0.717, 1.165) is 10.7 Å². The van der Waals surface area contributed by atoms with E-state index in [0.29, 0.717) is 13.8 Å². The lowest BCUT2D eigenvalue weighted by Gasteiger charge is -2.26. The molecule has 0 fully saturated rings. The summed E-state index contributed by atoms with van der Waals surface area (Å²) in [6.07, 6.45) is -5.04. The zero-order valence-electron chi connectivity index (χ0n) is 20.7. The van der Waals surface area contributed by atoms with E-state index in [1.165, 1.54) is 24.4 Å². The Balaban J connectivity index is 1.73. The Bertz CT molecular complexity index is 1690. The smallest absolute Gasteiger partial charge is 0.366 e. The summed E-state index contributed by atoms with van der Waals surface area (Å²) in [4.78, 5) is 29.5. The van der Waals surface area contributed by atoms with E-state index in [1.54, 1.807) is 13.0 Å². The lowest BCUT2D eigenvalue weighted by molar-refractivity contribution is -0.360. The van der Waals surface area contributed by atoms with Crippen molar-refractivity contribution in [3.8, 4) is 5.82 Å². The van der Waals surface area contributed by atoms with Crippen molar-refractivity contribution in [1.82, 2.24) is 29.8 Å². The summed E-state index contributed by atoms with van der Waals surface area (Å²) in [5, 5.41) is 12.8. The molecule has 4 rings (SSSR count). The van der Waals surface area contributed by atoms with Crippen LogP contribution in [0.15, 0.2) is 42.7 Å². The minimum absolute atomic E-state index is 0.00152. The van der Waals surface area contributed by atoms with Gasteiger partial charge in [-0.15, -0.1) is 5.10 Å². The van der Waals surface area contributed by atoms with Gasteiger partial charge in [0.1, 0.15) is 5.69 Å². The van der Waals surface area contributed by atoms with Crippen LogP contribution in [0, 0.1) is 10.5 Å². The van der Waals surface area contributed by atoms with Crippen LogP contribution in [-0.4, -0.2) is 53.7 Å². The van der Waals surface area contributed by atoms with Gasteiger partial charge in [0.25, 0.3) is 11.8 Å². The van der Waals surface area contributed by atoms with E-state index in [-0.39, 0.29) is 39.7 Å². The molecule has 10 nitrogen and oxygen atoms in total. The number of nitrogens with two attached hydrogens (primary N) is 1. The number of halogens is 9. The number of rotatable bonds is 8. The van der Waals surface area contributed by atoms with Gasteiger partial charge in [0.05, 0.1) is 34.7 Å². The molecule has 0 saturated heterocycles. The number of carbonyl (C=O) groups is 2. The van der Waals surface area contributed by atoms with Gasteiger partial charge in [-0.05, 0) is 65.4 Å². The molecule has 3 heterocycles. The first-order valence-corrected chi connectivity index (χ1v) is 12.7. The number of anilines is 1. The lowest BCUT2D eigenvalue weighted by atomic mass is 10.1. The summed E-state index contributed by atoms with van der Waals surface area (Å²) in [7, 11) is 0. The summed E-state index contributed by atoms with van der Waals surface area (Å²) in [5.41, 5.74) is 3.74. The summed E-state index contributed by atoms with van der Waals surface area (Å²) in [6.45, 7) is 1.01. The highest BCUT2D eigenvalue weighted by Gasteiger charge is 2.74. The standard InChI is InChI=1S/C23H15ClF7IN8O2/c1-10-5-11(32)6-13(18(33)41)17(10)35-20(42)15-7-12(37-40(15)19-14(24)3-2-4-34-19)8-39-9-16(36-38-39)21(25,26)22(27,28)23(29,30)31/h2-7,9H,8H2,1H3,(H2,33,41)(H,35,42). The van der Waals surface area contributed by atoms with Crippen LogP contribution in [0.2, 0.25) is 5.02 Å². The molecule has 1 aromatic carbocycles. The number of primary amides is 1.